The Labute approximate surface area is 187 Å². The zero-order valence-electron chi connectivity index (χ0n) is 18.1. The van der Waals surface area contributed by atoms with Crippen molar-refractivity contribution < 1.29 is 19.2 Å². The number of amides is 2. The Morgan fingerprint density at radius 1 is 1.00 bits per heavy atom. The Morgan fingerprint density at radius 3 is 2.34 bits per heavy atom. The van der Waals surface area contributed by atoms with Crippen molar-refractivity contribution in [3.8, 4) is 11.6 Å². The lowest BCUT2D eigenvalue weighted by Crippen LogP contribution is -3.13. The predicted molar refractivity (Wildman–Crippen MR) is 122 cm³/mol. The summed E-state index contributed by atoms with van der Waals surface area (Å²) in [5, 5.41) is 2.66. The van der Waals surface area contributed by atoms with Gasteiger partial charge in [-0.25, -0.2) is 4.98 Å². The molecule has 0 bridgehead atoms. The van der Waals surface area contributed by atoms with E-state index in [2.05, 4.69) is 34.6 Å². The van der Waals surface area contributed by atoms with Crippen LogP contribution < -0.4 is 15.0 Å². The van der Waals surface area contributed by atoms with E-state index in [9.17, 15) is 9.59 Å². The van der Waals surface area contributed by atoms with Crippen molar-refractivity contribution in [1.82, 2.24) is 9.88 Å². The molecule has 0 unspecified atom stereocenters. The second-order valence-corrected chi connectivity index (χ2v) is 7.90. The summed E-state index contributed by atoms with van der Waals surface area (Å²) in [6, 6.07) is 21.0. The van der Waals surface area contributed by atoms with Gasteiger partial charge < -0.3 is 19.9 Å². The van der Waals surface area contributed by atoms with E-state index in [0.717, 1.165) is 32.7 Å². The van der Waals surface area contributed by atoms with Gasteiger partial charge in [-0.05, 0) is 30.3 Å². The van der Waals surface area contributed by atoms with Crippen LogP contribution in [0.25, 0.3) is 0 Å². The molecule has 2 N–H and O–H groups in total. The lowest BCUT2D eigenvalue weighted by Gasteiger charge is -2.32. The highest BCUT2D eigenvalue weighted by Crippen LogP contribution is 2.21. The van der Waals surface area contributed by atoms with Crippen LogP contribution in [0.5, 0.6) is 11.6 Å². The summed E-state index contributed by atoms with van der Waals surface area (Å²) < 4.78 is 5.74. The van der Waals surface area contributed by atoms with E-state index in [0.29, 0.717) is 22.9 Å². The second kappa shape index (κ2) is 10.1. The first-order valence-electron chi connectivity index (χ1n) is 10.7. The van der Waals surface area contributed by atoms with Crippen molar-refractivity contribution in [3.63, 3.8) is 0 Å². The SMILES string of the molecule is CC(=O)Nc1ccc(Oc2ccc(C(=O)N3CC[NH+](Cc4ccccc4)CC3)cc2)nc1. The molecule has 3 aromatic rings. The highest BCUT2D eigenvalue weighted by molar-refractivity contribution is 5.94. The van der Waals surface area contributed by atoms with E-state index in [1.807, 2.05) is 11.0 Å². The van der Waals surface area contributed by atoms with Crippen LogP contribution in [-0.2, 0) is 11.3 Å². The van der Waals surface area contributed by atoms with Crippen LogP contribution >= 0.6 is 0 Å². The molecule has 2 aromatic carbocycles. The monoisotopic (exact) mass is 431 g/mol. The number of carbonyl (C=O) groups is 2. The number of hydrogen-bond acceptors (Lipinski definition) is 4. The maximum absolute atomic E-state index is 12.9. The molecule has 2 heterocycles. The lowest BCUT2D eigenvalue weighted by atomic mass is 10.1. The molecule has 1 fully saturated rings. The molecule has 7 heteroatoms. The number of anilines is 1. The summed E-state index contributed by atoms with van der Waals surface area (Å²) in [4.78, 5) is 31.6. The van der Waals surface area contributed by atoms with Crippen LogP contribution in [0.1, 0.15) is 22.8 Å². The number of ether oxygens (including phenoxy) is 1. The van der Waals surface area contributed by atoms with Gasteiger partial charge in [-0.15, -0.1) is 0 Å². The molecule has 164 valence electrons. The van der Waals surface area contributed by atoms with Crippen LogP contribution in [0.3, 0.4) is 0 Å². The largest absolute Gasteiger partial charge is 0.439 e. The molecule has 2 amide bonds. The van der Waals surface area contributed by atoms with Gasteiger partial charge in [0.1, 0.15) is 12.3 Å². The maximum atomic E-state index is 12.9. The van der Waals surface area contributed by atoms with Crippen molar-refractivity contribution in [2.45, 2.75) is 13.5 Å². The van der Waals surface area contributed by atoms with Crippen LogP contribution in [0.15, 0.2) is 72.9 Å². The van der Waals surface area contributed by atoms with Crippen molar-refractivity contribution in [2.24, 2.45) is 0 Å². The van der Waals surface area contributed by atoms with Gasteiger partial charge in [0.2, 0.25) is 11.8 Å². The van der Waals surface area contributed by atoms with E-state index >= 15 is 0 Å². The Kier molecular flexibility index (Phi) is 6.77. The predicted octanol–water partition coefficient (Wildman–Crippen LogP) is 2.37. The quantitative estimate of drug-likeness (QED) is 0.628. The van der Waals surface area contributed by atoms with Gasteiger partial charge in [0, 0.05) is 24.1 Å². The van der Waals surface area contributed by atoms with Crippen molar-refractivity contribution in [3.05, 3.63) is 84.1 Å². The average molecular weight is 432 g/mol. The van der Waals surface area contributed by atoms with Crippen LogP contribution in [0, 0.1) is 0 Å². The summed E-state index contributed by atoms with van der Waals surface area (Å²) in [6.45, 7) is 5.84. The summed E-state index contributed by atoms with van der Waals surface area (Å²) in [6.07, 6.45) is 1.54. The molecule has 32 heavy (non-hydrogen) atoms. The smallest absolute Gasteiger partial charge is 0.254 e. The third kappa shape index (κ3) is 5.70. The number of nitrogens with zero attached hydrogens (tertiary/aromatic N) is 2. The molecule has 4 rings (SSSR count). The number of pyridine rings is 1. The molecule has 1 saturated heterocycles. The van der Waals surface area contributed by atoms with E-state index in [-0.39, 0.29) is 11.8 Å². The zero-order valence-corrected chi connectivity index (χ0v) is 18.1. The molecular formula is C25H27N4O3+. The first-order valence-corrected chi connectivity index (χ1v) is 10.7. The Hall–Kier alpha value is -3.71. The summed E-state index contributed by atoms with van der Waals surface area (Å²) in [5.41, 5.74) is 2.59. The number of carbonyl (C=O) groups excluding carboxylic acids is 2. The van der Waals surface area contributed by atoms with Gasteiger partial charge in [-0.3, -0.25) is 9.59 Å². The van der Waals surface area contributed by atoms with Crippen LogP contribution in [0.4, 0.5) is 5.69 Å². The molecule has 1 aliphatic rings. The molecule has 0 aliphatic carbocycles. The molecule has 0 atom stereocenters. The van der Waals surface area contributed by atoms with Gasteiger partial charge in [0.25, 0.3) is 5.91 Å². The highest BCUT2D eigenvalue weighted by atomic mass is 16.5. The average Bonchev–Trinajstić information content (AvgIpc) is 2.81. The molecular weight excluding hydrogens is 404 g/mol. The van der Waals surface area contributed by atoms with Gasteiger partial charge in [-0.2, -0.15) is 0 Å². The minimum absolute atomic E-state index is 0.0492. The highest BCUT2D eigenvalue weighted by Gasteiger charge is 2.24. The molecule has 1 aliphatic heterocycles. The van der Waals surface area contributed by atoms with E-state index in [4.69, 9.17) is 4.74 Å². The number of nitrogens with one attached hydrogen (secondary N) is 2. The maximum Gasteiger partial charge on any atom is 0.254 e. The van der Waals surface area contributed by atoms with Crippen molar-refractivity contribution >= 4 is 17.5 Å². The lowest BCUT2D eigenvalue weighted by molar-refractivity contribution is -0.917. The Morgan fingerprint density at radius 2 is 1.72 bits per heavy atom. The number of quaternary nitrogens is 1. The number of hydrogen-bond donors (Lipinski definition) is 2. The number of rotatable bonds is 6. The first-order chi connectivity index (χ1) is 15.6. The normalized spacial score (nSPS) is 14.1. The Balaban J connectivity index is 1.29. The fraction of sp³-hybridized carbons (Fsp3) is 0.240. The first kappa shape index (κ1) is 21.5. The van der Waals surface area contributed by atoms with Crippen molar-refractivity contribution in [1.29, 1.82) is 0 Å². The minimum Gasteiger partial charge on any atom is -0.439 e. The number of benzene rings is 2. The van der Waals surface area contributed by atoms with Gasteiger partial charge >= 0.3 is 0 Å². The summed E-state index contributed by atoms with van der Waals surface area (Å²) in [7, 11) is 0. The topological polar surface area (TPSA) is 76.0 Å². The molecule has 0 saturated carbocycles. The van der Waals surface area contributed by atoms with E-state index in [1.165, 1.54) is 23.6 Å². The van der Waals surface area contributed by atoms with Gasteiger partial charge in [0.05, 0.1) is 38.1 Å². The standard InChI is InChI=1S/C25H26N4O3/c1-19(30)27-22-9-12-24(26-17-22)32-23-10-7-21(8-11-23)25(31)29-15-13-28(14-16-29)18-20-5-3-2-4-6-20/h2-12,17H,13-16,18H2,1H3,(H,27,30)/p+1. The molecule has 7 nitrogen and oxygen atoms in total. The fourth-order valence-corrected chi connectivity index (χ4v) is 3.77. The molecule has 0 radical (unpaired) electrons. The number of piperazine rings is 1. The minimum atomic E-state index is -0.153. The molecule has 0 spiro atoms. The number of aromatic nitrogens is 1. The summed E-state index contributed by atoms with van der Waals surface area (Å²) >= 11 is 0. The molecule has 1 aromatic heterocycles. The zero-order chi connectivity index (χ0) is 22.3. The third-order valence-electron chi connectivity index (χ3n) is 5.44. The van der Waals surface area contributed by atoms with E-state index in [1.54, 1.807) is 36.4 Å². The van der Waals surface area contributed by atoms with Crippen LogP contribution in [0.2, 0.25) is 0 Å². The van der Waals surface area contributed by atoms with Crippen LogP contribution in [-0.4, -0.2) is 47.9 Å². The summed E-state index contributed by atoms with van der Waals surface area (Å²) in [5.74, 6) is 0.905. The van der Waals surface area contributed by atoms with Gasteiger partial charge in [-0.1, -0.05) is 30.3 Å². The fourth-order valence-electron chi connectivity index (χ4n) is 3.77. The second-order valence-electron chi connectivity index (χ2n) is 7.90. The van der Waals surface area contributed by atoms with E-state index < -0.39 is 0 Å². The van der Waals surface area contributed by atoms with Crippen molar-refractivity contribution in [2.75, 3.05) is 31.5 Å². The van der Waals surface area contributed by atoms with Gasteiger partial charge in [0.15, 0.2) is 0 Å². The third-order valence-corrected chi connectivity index (χ3v) is 5.44. The Bertz CT molecular complexity index is 1040.